The van der Waals surface area contributed by atoms with Gasteiger partial charge in [0.2, 0.25) is 0 Å². The van der Waals surface area contributed by atoms with Gasteiger partial charge in [0.1, 0.15) is 0 Å². The Balaban J connectivity index is 1.88. The molecule has 2 atom stereocenters. The summed E-state index contributed by atoms with van der Waals surface area (Å²) in [4.78, 5) is 11.9. The molecule has 0 radical (unpaired) electrons. The monoisotopic (exact) mass is 310 g/mol. The first kappa shape index (κ1) is 14.5. The van der Waals surface area contributed by atoms with Crippen LogP contribution in [0.25, 0.3) is 0 Å². The number of nitrogen functional groups attached to an aromatic ring is 1. The molecule has 3 rings (SSSR count). The number of methoxy groups -OCH3 is 1. The van der Waals surface area contributed by atoms with E-state index in [0.29, 0.717) is 27.9 Å². The topological polar surface area (TPSA) is 73.6 Å². The van der Waals surface area contributed by atoms with Crippen molar-refractivity contribution in [3.8, 4) is 0 Å². The normalized spacial score (nSPS) is 24.9. The highest BCUT2D eigenvalue weighted by atomic mass is 35.5. The Labute approximate surface area is 128 Å². The maximum absolute atomic E-state index is 11.9. The summed E-state index contributed by atoms with van der Waals surface area (Å²) in [5.41, 5.74) is 7.15. The predicted molar refractivity (Wildman–Crippen MR) is 81.7 cm³/mol. The summed E-state index contributed by atoms with van der Waals surface area (Å²) in [6, 6.07) is 3.39. The highest BCUT2D eigenvalue weighted by Crippen LogP contribution is 2.41. The van der Waals surface area contributed by atoms with Crippen LogP contribution in [0.3, 0.4) is 0 Å². The Morgan fingerprint density at radius 1 is 1.43 bits per heavy atom. The molecule has 0 aromatic heterocycles. The van der Waals surface area contributed by atoms with Crippen LogP contribution in [0.2, 0.25) is 5.02 Å². The Morgan fingerprint density at radius 3 is 2.86 bits per heavy atom. The second kappa shape index (κ2) is 5.73. The van der Waals surface area contributed by atoms with Gasteiger partial charge >= 0.3 is 5.97 Å². The van der Waals surface area contributed by atoms with E-state index in [2.05, 4.69) is 5.32 Å². The number of ether oxygens (including phenoxy) is 2. The van der Waals surface area contributed by atoms with Gasteiger partial charge in [0.15, 0.2) is 0 Å². The van der Waals surface area contributed by atoms with Crippen LogP contribution >= 0.6 is 11.6 Å². The van der Waals surface area contributed by atoms with Crippen LogP contribution in [-0.2, 0) is 9.47 Å². The van der Waals surface area contributed by atoms with E-state index >= 15 is 0 Å². The molecule has 5 nitrogen and oxygen atoms in total. The summed E-state index contributed by atoms with van der Waals surface area (Å²) in [5.74, 6) is 0.174. The zero-order valence-electron chi connectivity index (χ0n) is 11.9. The van der Waals surface area contributed by atoms with Crippen LogP contribution in [0, 0.1) is 5.92 Å². The lowest BCUT2D eigenvalue weighted by atomic mass is 10.0. The van der Waals surface area contributed by atoms with E-state index < -0.39 is 5.97 Å². The number of halogens is 1. The molecule has 6 heteroatoms. The zero-order valence-corrected chi connectivity index (χ0v) is 12.7. The molecule has 0 amide bonds. The minimum atomic E-state index is -0.450. The molecule has 1 saturated carbocycles. The van der Waals surface area contributed by atoms with Gasteiger partial charge in [0.05, 0.1) is 35.5 Å². The molecular formula is C15H19ClN2O3. The average molecular weight is 311 g/mol. The van der Waals surface area contributed by atoms with E-state index in [-0.39, 0.29) is 12.1 Å². The standard InChI is InChI=1S/C15H19ClN2O3/c1-20-15(19)10-6-9(17)7-11(16)13(10)18-12-4-5-21-14(12)8-2-3-8/h6-8,12,14,18H,2-5,17H2,1H3. The van der Waals surface area contributed by atoms with Crippen molar-refractivity contribution >= 4 is 28.9 Å². The van der Waals surface area contributed by atoms with Crippen LogP contribution < -0.4 is 11.1 Å². The van der Waals surface area contributed by atoms with Crippen LogP contribution in [0.1, 0.15) is 29.6 Å². The van der Waals surface area contributed by atoms with Gasteiger partial charge in [0.25, 0.3) is 0 Å². The summed E-state index contributed by atoms with van der Waals surface area (Å²) in [7, 11) is 1.34. The summed E-state index contributed by atoms with van der Waals surface area (Å²) in [5, 5.41) is 3.81. The number of nitrogens with one attached hydrogen (secondary N) is 1. The number of esters is 1. The molecule has 1 aliphatic heterocycles. The van der Waals surface area contributed by atoms with Crippen molar-refractivity contribution in [1.29, 1.82) is 0 Å². The van der Waals surface area contributed by atoms with E-state index in [4.69, 9.17) is 26.8 Å². The number of anilines is 2. The average Bonchev–Trinajstić information content (AvgIpc) is 3.20. The Kier molecular flexibility index (Phi) is 3.95. The minimum Gasteiger partial charge on any atom is -0.465 e. The number of carbonyl (C=O) groups excluding carboxylic acids is 1. The fraction of sp³-hybridized carbons (Fsp3) is 0.533. The van der Waals surface area contributed by atoms with Gasteiger partial charge in [-0.2, -0.15) is 0 Å². The second-order valence-corrected chi connectivity index (χ2v) is 6.04. The van der Waals surface area contributed by atoms with Gasteiger partial charge < -0.3 is 20.5 Å². The first-order chi connectivity index (χ1) is 10.1. The number of benzene rings is 1. The molecule has 114 valence electrons. The molecule has 2 fully saturated rings. The van der Waals surface area contributed by atoms with Crippen LogP contribution in [-0.4, -0.2) is 31.8 Å². The highest BCUT2D eigenvalue weighted by molar-refractivity contribution is 6.34. The van der Waals surface area contributed by atoms with Crippen LogP contribution in [0.5, 0.6) is 0 Å². The van der Waals surface area contributed by atoms with E-state index in [1.54, 1.807) is 12.1 Å². The second-order valence-electron chi connectivity index (χ2n) is 5.63. The molecular weight excluding hydrogens is 292 g/mol. The molecule has 2 unspecified atom stereocenters. The lowest BCUT2D eigenvalue weighted by Crippen LogP contribution is -2.31. The lowest BCUT2D eigenvalue weighted by molar-refractivity contribution is 0.0601. The summed E-state index contributed by atoms with van der Waals surface area (Å²) in [6.07, 6.45) is 3.52. The van der Waals surface area contributed by atoms with Gasteiger partial charge in [-0.15, -0.1) is 0 Å². The molecule has 3 N–H and O–H groups in total. The SMILES string of the molecule is COC(=O)c1cc(N)cc(Cl)c1NC1CCOC1C1CC1. The van der Waals surface area contributed by atoms with Crippen LogP contribution in [0.4, 0.5) is 11.4 Å². The van der Waals surface area contributed by atoms with Crippen molar-refractivity contribution in [2.75, 3.05) is 24.8 Å². The van der Waals surface area contributed by atoms with Gasteiger partial charge in [-0.3, -0.25) is 0 Å². The zero-order chi connectivity index (χ0) is 15.0. The fourth-order valence-electron chi connectivity index (χ4n) is 2.89. The molecule has 21 heavy (non-hydrogen) atoms. The number of hydrogen-bond acceptors (Lipinski definition) is 5. The number of rotatable bonds is 4. The van der Waals surface area contributed by atoms with Gasteiger partial charge in [-0.1, -0.05) is 11.6 Å². The molecule has 1 saturated heterocycles. The predicted octanol–water partition coefficient (Wildman–Crippen LogP) is 2.69. The third-order valence-electron chi connectivity index (χ3n) is 4.07. The third-order valence-corrected chi connectivity index (χ3v) is 4.37. The molecule has 1 aromatic rings. The maximum Gasteiger partial charge on any atom is 0.340 e. The summed E-state index contributed by atoms with van der Waals surface area (Å²) in [6.45, 7) is 0.735. The van der Waals surface area contributed by atoms with Crippen LogP contribution in [0.15, 0.2) is 12.1 Å². The number of hydrogen-bond donors (Lipinski definition) is 2. The smallest absolute Gasteiger partial charge is 0.340 e. The summed E-state index contributed by atoms with van der Waals surface area (Å²) < 4.78 is 10.6. The summed E-state index contributed by atoms with van der Waals surface area (Å²) >= 11 is 6.27. The Bertz CT molecular complexity index is 560. The molecule has 0 bridgehead atoms. The van der Waals surface area contributed by atoms with E-state index in [1.165, 1.54) is 20.0 Å². The Hall–Kier alpha value is -1.46. The van der Waals surface area contributed by atoms with Crippen molar-refractivity contribution in [1.82, 2.24) is 0 Å². The fourth-order valence-corrected chi connectivity index (χ4v) is 3.17. The third kappa shape index (κ3) is 2.94. The number of nitrogens with two attached hydrogens (primary N) is 1. The molecule has 1 aromatic carbocycles. The van der Waals surface area contributed by atoms with E-state index in [9.17, 15) is 4.79 Å². The first-order valence-corrected chi connectivity index (χ1v) is 7.53. The highest BCUT2D eigenvalue weighted by Gasteiger charge is 2.41. The molecule has 1 heterocycles. The quantitative estimate of drug-likeness (QED) is 0.660. The lowest BCUT2D eigenvalue weighted by Gasteiger charge is -2.23. The van der Waals surface area contributed by atoms with Crippen molar-refractivity contribution in [2.45, 2.75) is 31.4 Å². The van der Waals surface area contributed by atoms with E-state index in [1.807, 2.05) is 0 Å². The molecule has 2 aliphatic rings. The van der Waals surface area contributed by atoms with Gasteiger partial charge in [-0.05, 0) is 37.3 Å². The Morgan fingerprint density at radius 2 is 2.19 bits per heavy atom. The van der Waals surface area contributed by atoms with Crippen molar-refractivity contribution in [2.24, 2.45) is 5.92 Å². The van der Waals surface area contributed by atoms with Crippen molar-refractivity contribution < 1.29 is 14.3 Å². The van der Waals surface area contributed by atoms with Gasteiger partial charge in [-0.25, -0.2) is 4.79 Å². The molecule has 1 aliphatic carbocycles. The van der Waals surface area contributed by atoms with Crippen molar-refractivity contribution in [3.05, 3.63) is 22.7 Å². The maximum atomic E-state index is 11.9. The minimum absolute atomic E-state index is 0.169. The largest absolute Gasteiger partial charge is 0.465 e. The van der Waals surface area contributed by atoms with Crippen molar-refractivity contribution in [3.63, 3.8) is 0 Å². The first-order valence-electron chi connectivity index (χ1n) is 7.15. The van der Waals surface area contributed by atoms with E-state index in [0.717, 1.165) is 13.0 Å². The molecule has 0 spiro atoms. The number of carbonyl (C=O) groups is 1. The van der Waals surface area contributed by atoms with Gasteiger partial charge in [0, 0.05) is 12.3 Å².